The Morgan fingerprint density at radius 1 is 1.09 bits per heavy atom. The summed E-state index contributed by atoms with van der Waals surface area (Å²) in [7, 11) is 1.59. The lowest BCUT2D eigenvalue weighted by atomic mass is 9.72. The third-order valence-corrected chi connectivity index (χ3v) is 15.5. The van der Waals surface area contributed by atoms with E-state index in [0.717, 1.165) is 45.2 Å². The number of furan rings is 1. The molecule has 12 rings (SSSR count). The Kier molecular flexibility index (Phi) is 7.39. The van der Waals surface area contributed by atoms with E-state index in [9.17, 15) is 15.0 Å². The van der Waals surface area contributed by atoms with Crippen molar-refractivity contribution >= 4 is 34.7 Å². The Labute approximate surface area is 333 Å². The van der Waals surface area contributed by atoms with Gasteiger partial charge in [0.1, 0.15) is 23.7 Å². The van der Waals surface area contributed by atoms with E-state index in [-0.39, 0.29) is 43.6 Å². The van der Waals surface area contributed by atoms with Gasteiger partial charge in [0.25, 0.3) is 0 Å². The van der Waals surface area contributed by atoms with Crippen LogP contribution >= 0.6 is 11.8 Å². The third kappa shape index (κ3) is 4.40. The predicted octanol–water partition coefficient (Wildman–Crippen LogP) is 5.32. The van der Waals surface area contributed by atoms with E-state index in [1.54, 1.807) is 18.9 Å². The van der Waals surface area contributed by atoms with Crippen LogP contribution in [0.1, 0.15) is 89.2 Å². The van der Waals surface area contributed by atoms with Crippen LogP contribution in [-0.2, 0) is 31.8 Å². The number of piperazine rings is 1. The van der Waals surface area contributed by atoms with Crippen LogP contribution in [0.3, 0.4) is 0 Å². The first-order chi connectivity index (χ1) is 27.3. The first kappa shape index (κ1) is 35.7. The van der Waals surface area contributed by atoms with E-state index in [4.69, 9.17) is 28.1 Å². The molecule has 1 spiro atoms. The Balaban J connectivity index is 1.19. The maximum Gasteiger partial charge on any atom is 0.335 e. The number of phenolic OH excluding ortho intramolecular Hbond substituents is 1. The van der Waals surface area contributed by atoms with E-state index in [2.05, 4.69) is 35.0 Å². The number of phenols is 1. The number of aryl methyl sites for hydroxylation is 1. The number of esters is 2. The highest BCUT2D eigenvalue weighted by Crippen LogP contribution is 2.71. The molecule has 3 N–H and O–H groups in total. The molecule has 0 saturated carbocycles. The number of para-hydroxylation sites is 1. The van der Waals surface area contributed by atoms with Gasteiger partial charge in [-0.1, -0.05) is 18.2 Å². The second kappa shape index (κ2) is 11.8. The number of aromatic hydroxyl groups is 1. The molecule has 57 heavy (non-hydrogen) atoms. The summed E-state index contributed by atoms with van der Waals surface area (Å²) >= 11 is 1.56. The quantitative estimate of drug-likeness (QED) is 0.181. The second-order valence-corrected chi connectivity index (χ2v) is 18.4. The highest BCUT2D eigenvalue weighted by atomic mass is 32.2. The van der Waals surface area contributed by atoms with Crippen molar-refractivity contribution in [3.05, 3.63) is 75.0 Å². The van der Waals surface area contributed by atoms with E-state index in [1.807, 2.05) is 38.1 Å². The molecule has 8 aliphatic rings. The van der Waals surface area contributed by atoms with Gasteiger partial charge in [-0.2, -0.15) is 0 Å². The van der Waals surface area contributed by atoms with Crippen LogP contribution in [0.15, 0.2) is 34.7 Å². The normalized spacial score (nSPS) is 33.2. The number of hydrogen-bond donors (Lipinski definition) is 3. The van der Waals surface area contributed by atoms with Crippen molar-refractivity contribution in [2.45, 2.75) is 93.5 Å². The molecule has 3 aromatic carbocycles. The maximum absolute atomic E-state index is 15.0. The van der Waals surface area contributed by atoms with Crippen molar-refractivity contribution in [3.63, 3.8) is 0 Å². The molecule has 13 nitrogen and oxygen atoms in total. The lowest BCUT2D eigenvalue weighted by Gasteiger charge is -2.60. The van der Waals surface area contributed by atoms with Gasteiger partial charge in [-0.3, -0.25) is 19.9 Å². The van der Waals surface area contributed by atoms with Crippen molar-refractivity contribution < 1.29 is 47.9 Å². The molecule has 1 aromatic heterocycles. The number of aliphatic hydroxyl groups is 1. The number of methoxy groups -OCH3 is 1. The van der Waals surface area contributed by atoms with Crippen LogP contribution < -0.4 is 24.3 Å². The first-order valence-electron chi connectivity index (χ1n) is 19.6. The van der Waals surface area contributed by atoms with Gasteiger partial charge in [0.05, 0.1) is 31.1 Å². The summed E-state index contributed by atoms with van der Waals surface area (Å²) in [6.07, 6.45) is 1.22. The molecule has 0 aliphatic carbocycles. The minimum Gasteiger partial charge on any atom is -0.504 e. The van der Waals surface area contributed by atoms with Crippen molar-refractivity contribution in [2.24, 2.45) is 0 Å². The smallest absolute Gasteiger partial charge is 0.335 e. The van der Waals surface area contributed by atoms with Crippen molar-refractivity contribution in [1.29, 1.82) is 0 Å². The molecule has 1 unspecified atom stereocenters. The Morgan fingerprint density at radius 2 is 1.88 bits per heavy atom. The number of thioether (sulfide) groups is 1. The van der Waals surface area contributed by atoms with Crippen LogP contribution in [0.25, 0.3) is 11.0 Å². The van der Waals surface area contributed by atoms with E-state index in [1.165, 1.54) is 6.92 Å². The fourth-order valence-corrected chi connectivity index (χ4v) is 13.8. The molecule has 0 radical (unpaired) electrons. The van der Waals surface area contributed by atoms with Gasteiger partial charge in [0.15, 0.2) is 28.5 Å². The summed E-state index contributed by atoms with van der Waals surface area (Å²) < 4.78 is 37.7. The van der Waals surface area contributed by atoms with Gasteiger partial charge in [0, 0.05) is 75.6 Å². The molecule has 14 heteroatoms. The summed E-state index contributed by atoms with van der Waals surface area (Å²) in [5, 5.41) is 26.9. The third-order valence-electron chi connectivity index (χ3n) is 14.0. The summed E-state index contributed by atoms with van der Waals surface area (Å²) in [5.74, 6) is 1.73. The van der Waals surface area contributed by atoms with Crippen LogP contribution in [0, 0.1) is 13.8 Å². The molecule has 8 aliphatic heterocycles. The van der Waals surface area contributed by atoms with Crippen LogP contribution in [0.5, 0.6) is 28.7 Å². The standard InChI is InChI=1S/C43H45N3O10S/c1-19-11-25-28(33(49)34(19)51-6)31-32-38-30-29(37-36(53-18-54-37)20(2)35(30)55-21(3)48)26(46(32)41(4)15-42(25,5)45(31)16-41)14-52-40(50)43(17-57-38)39-24(12-22(13-47)44-43)23-9-7-8-10-27(23)56-39/h7-11,22,26,31-32,38,44,47,49H,12-18H2,1-6H3/t22-,26-,31+,32?,38+,41+,42+,43+/m0/s1. The number of carbonyl (C=O) groups excluding carboxylic acids is 2. The van der Waals surface area contributed by atoms with Gasteiger partial charge in [-0.05, 0) is 63.8 Å². The van der Waals surface area contributed by atoms with Gasteiger partial charge in [-0.15, -0.1) is 11.8 Å². The molecule has 8 atom stereocenters. The summed E-state index contributed by atoms with van der Waals surface area (Å²) in [5.41, 5.74) is 4.21. The number of carbonyl (C=O) groups is 2. The number of hydrogen-bond acceptors (Lipinski definition) is 14. The average Bonchev–Trinajstić information content (AvgIpc) is 3.93. The minimum absolute atomic E-state index is 0.00354. The monoisotopic (exact) mass is 795 g/mol. The highest BCUT2D eigenvalue weighted by Gasteiger charge is 2.71. The number of nitrogens with zero attached hydrogens (tertiary/aromatic N) is 2. The number of rotatable bonds is 3. The predicted molar refractivity (Wildman–Crippen MR) is 208 cm³/mol. The van der Waals surface area contributed by atoms with Crippen LogP contribution in [0.4, 0.5) is 0 Å². The summed E-state index contributed by atoms with van der Waals surface area (Å²) in [4.78, 5) is 33.2. The largest absolute Gasteiger partial charge is 0.504 e. The first-order valence-corrected chi connectivity index (χ1v) is 20.7. The Bertz CT molecular complexity index is 2470. The van der Waals surface area contributed by atoms with Crippen molar-refractivity contribution in [3.8, 4) is 28.7 Å². The molecular formula is C43H45N3O10S. The lowest BCUT2D eigenvalue weighted by Crippen LogP contribution is -2.66. The molecule has 298 valence electrons. The fourth-order valence-electron chi connectivity index (χ4n) is 12.1. The zero-order chi connectivity index (χ0) is 39.5. The van der Waals surface area contributed by atoms with Gasteiger partial charge < -0.3 is 38.3 Å². The lowest BCUT2D eigenvalue weighted by molar-refractivity contribution is -0.159. The number of aliphatic hydroxyl groups excluding tert-OH is 1. The topological polar surface area (TPSA) is 152 Å². The molecule has 0 amide bonds. The van der Waals surface area contributed by atoms with E-state index >= 15 is 4.79 Å². The number of nitrogens with one attached hydrogen (secondary N) is 1. The van der Waals surface area contributed by atoms with Gasteiger partial charge in [0.2, 0.25) is 6.79 Å². The van der Waals surface area contributed by atoms with E-state index in [0.29, 0.717) is 52.9 Å². The zero-order valence-electron chi connectivity index (χ0n) is 32.7. The minimum atomic E-state index is -1.47. The number of ether oxygens (including phenoxy) is 5. The average molecular weight is 796 g/mol. The van der Waals surface area contributed by atoms with Crippen LogP contribution in [-0.4, -0.2) is 89.0 Å². The summed E-state index contributed by atoms with van der Waals surface area (Å²) in [6, 6.07) is 8.24. The molecule has 3 fully saturated rings. The molecule has 4 aromatic rings. The van der Waals surface area contributed by atoms with Crippen molar-refractivity contribution in [1.82, 2.24) is 15.1 Å². The number of benzene rings is 3. The molecule has 9 heterocycles. The zero-order valence-corrected chi connectivity index (χ0v) is 33.5. The maximum atomic E-state index is 15.0. The fraction of sp³-hybridized carbons (Fsp3) is 0.488. The Hall–Kier alpha value is -4.47. The molecule has 4 bridgehead atoms. The van der Waals surface area contributed by atoms with Crippen LogP contribution in [0.2, 0.25) is 0 Å². The SMILES string of the molecule is COc1c(C)cc2c(c1O)[C@@H]1C3[C@@H]4SC[C@]5(N[C@H](CO)Cc6c5oc5ccccc65)C(=O)OC[C@@H](c5c6c(c(C)c(OC(C)=O)c54)OCO6)N3[C@@]3(C)CN1[C@]2(C)C3. The van der Waals surface area contributed by atoms with Crippen molar-refractivity contribution in [2.75, 3.05) is 39.4 Å². The highest BCUT2D eigenvalue weighted by molar-refractivity contribution is 7.99. The van der Waals surface area contributed by atoms with E-state index < -0.39 is 45.9 Å². The Morgan fingerprint density at radius 3 is 2.65 bits per heavy atom. The second-order valence-electron chi connectivity index (χ2n) is 17.3. The molecular weight excluding hydrogens is 751 g/mol. The van der Waals surface area contributed by atoms with Gasteiger partial charge in [-0.25, -0.2) is 4.79 Å². The van der Waals surface area contributed by atoms with Gasteiger partial charge >= 0.3 is 11.9 Å². The summed E-state index contributed by atoms with van der Waals surface area (Å²) in [6.45, 7) is 10.2. The number of fused-ring (bicyclic) bond motifs is 11. The molecule has 3 saturated heterocycles.